The van der Waals surface area contributed by atoms with Crippen LogP contribution in [0.4, 0.5) is 0 Å². The van der Waals surface area contributed by atoms with Gasteiger partial charge in [-0.15, -0.1) is 0 Å². The van der Waals surface area contributed by atoms with E-state index in [1.807, 2.05) is 0 Å². The van der Waals surface area contributed by atoms with E-state index in [0.717, 1.165) is 13.1 Å². The maximum Gasteiger partial charge on any atom is 0.100 e. The van der Waals surface area contributed by atoms with Crippen molar-refractivity contribution in [3.63, 3.8) is 0 Å². The second-order valence-corrected chi connectivity index (χ2v) is 6.43. The van der Waals surface area contributed by atoms with E-state index >= 15 is 0 Å². The molecule has 0 aliphatic heterocycles. The largest absolute Gasteiger partial charge is 1.00 e. The lowest BCUT2D eigenvalue weighted by Crippen LogP contribution is -3.00. The molecule has 0 atom stereocenters. The molecule has 0 saturated carbocycles. The van der Waals surface area contributed by atoms with Gasteiger partial charge in [-0.2, -0.15) is 0 Å². The Morgan fingerprint density at radius 2 is 1.10 bits per heavy atom. The normalized spacial score (nSPS) is 11.0. The fourth-order valence-corrected chi connectivity index (χ4v) is 3.02. The molecule has 0 N–H and O–H groups in total. The third-order valence-corrected chi connectivity index (χ3v) is 3.68. The number of unbranched alkanes of at least 4 members (excludes halogenated alkanes) is 4. The monoisotopic (exact) mass is 301 g/mol. The summed E-state index contributed by atoms with van der Waals surface area (Å²) in [6.45, 7) is 22.1. The SMILES string of the molecule is C=C(C)C[N+](CCCCC)(CCCCC)CC(=C)C.[Cl-]. The van der Waals surface area contributed by atoms with Gasteiger partial charge in [0.1, 0.15) is 13.1 Å². The van der Waals surface area contributed by atoms with Crippen LogP contribution in [0, 0.1) is 0 Å². The van der Waals surface area contributed by atoms with E-state index in [0.29, 0.717) is 0 Å². The van der Waals surface area contributed by atoms with Crippen molar-refractivity contribution in [1.29, 1.82) is 0 Å². The molecular formula is C18H36ClN. The fourth-order valence-electron chi connectivity index (χ4n) is 3.02. The number of hydrogen-bond acceptors (Lipinski definition) is 0. The van der Waals surface area contributed by atoms with E-state index in [1.165, 1.54) is 67.2 Å². The van der Waals surface area contributed by atoms with Crippen molar-refractivity contribution in [2.75, 3.05) is 26.2 Å². The molecule has 0 aromatic carbocycles. The molecule has 0 aromatic rings. The summed E-state index contributed by atoms with van der Waals surface area (Å²) in [4.78, 5) is 0. The van der Waals surface area contributed by atoms with Crippen LogP contribution in [-0.2, 0) is 0 Å². The Labute approximate surface area is 134 Å². The van der Waals surface area contributed by atoms with Gasteiger partial charge in [0.05, 0.1) is 13.1 Å². The molecule has 0 rings (SSSR count). The minimum atomic E-state index is 0. The summed E-state index contributed by atoms with van der Waals surface area (Å²) in [5.41, 5.74) is 2.63. The molecule has 0 fully saturated rings. The first kappa shape index (κ1) is 22.0. The van der Waals surface area contributed by atoms with E-state index in [4.69, 9.17) is 0 Å². The summed E-state index contributed by atoms with van der Waals surface area (Å²) in [6, 6.07) is 0. The first-order valence-corrected chi connectivity index (χ1v) is 8.09. The summed E-state index contributed by atoms with van der Waals surface area (Å²) < 4.78 is 1.19. The average Bonchev–Trinajstić information content (AvgIpc) is 2.27. The molecule has 0 heterocycles. The van der Waals surface area contributed by atoms with Crippen molar-refractivity contribution in [3.8, 4) is 0 Å². The summed E-state index contributed by atoms with van der Waals surface area (Å²) in [5.74, 6) is 0. The van der Waals surface area contributed by atoms with Crippen LogP contribution in [0.15, 0.2) is 24.3 Å². The van der Waals surface area contributed by atoms with Crippen molar-refractivity contribution >= 4 is 0 Å². The summed E-state index contributed by atoms with van der Waals surface area (Å²) in [7, 11) is 0. The highest BCUT2D eigenvalue weighted by molar-refractivity contribution is 4.92. The van der Waals surface area contributed by atoms with Crippen LogP contribution in [0.1, 0.15) is 66.2 Å². The molecule has 20 heavy (non-hydrogen) atoms. The number of halogens is 1. The molecule has 0 bridgehead atoms. The summed E-state index contributed by atoms with van der Waals surface area (Å²) >= 11 is 0. The minimum Gasteiger partial charge on any atom is -1.00 e. The predicted octanol–water partition coefficient (Wildman–Crippen LogP) is 2.34. The highest BCUT2D eigenvalue weighted by Gasteiger charge is 2.26. The van der Waals surface area contributed by atoms with Crippen molar-refractivity contribution in [1.82, 2.24) is 0 Å². The van der Waals surface area contributed by atoms with E-state index in [1.54, 1.807) is 0 Å². The van der Waals surface area contributed by atoms with Gasteiger partial charge in [0, 0.05) is 0 Å². The lowest BCUT2D eigenvalue weighted by molar-refractivity contribution is -0.919. The summed E-state index contributed by atoms with van der Waals surface area (Å²) in [5, 5.41) is 0. The van der Waals surface area contributed by atoms with Gasteiger partial charge in [0.25, 0.3) is 0 Å². The highest BCUT2D eigenvalue weighted by Crippen LogP contribution is 2.18. The van der Waals surface area contributed by atoms with Crippen LogP contribution in [-0.4, -0.2) is 30.7 Å². The zero-order chi connectivity index (χ0) is 14.7. The molecule has 0 aliphatic carbocycles. The number of nitrogens with zero attached hydrogens (tertiary/aromatic N) is 1. The second-order valence-electron chi connectivity index (χ2n) is 6.43. The van der Waals surface area contributed by atoms with E-state index in [-0.39, 0.29) is 12.4 Å². The van der Waals surface area contributed by atoms with Crippen molar-refractivity contribution in [2.24, 2.45) is 0 Å². The number of hydrogen-bond donors (Lipinski definition) is 0. The maximum atomic E-state index is 4.16. The third kappa shape index (κ3) is 10.5. The Hall–Kier alpha value is -0.270. The topological polar surface area (TPSA) is 0 Å². The van der Waals surface area contributed by atoms with Crippen LogP contribution in [0.2, 0.25) is 0 Å². The quantitative estimate of drug-likeness (QED) is 0.295. The van der Waals surface area contributed by atoms with Crippen molar-refractivity contribution in [3.05, 3.63) is 24.3 Å². The van der Waals surface area contributed by atoms with Gasteiger partial charge >= 0.3 is 0 Å². The lowest BCUT2D eigenvalue weighted by Gasteiger charge is -2.39. The molecule has 0 aliphatic rings. The zero-order valence-electron chi connectivity index (χ0n) is 14.3. The predicted molar refractivity (Wildman–Crippen MR) is 88.4 cm³/mol. The van der Waals surface area contributed by atoms with Gasteiger partial charge in [-0.25, -0.2) is 0 Å². The number of quaternary nitrogens is 1. The molecule has 2 heteroatoms. The third-order valence-electron chi connectivity index (χ3n) is 3.68. The first-order valence-electron chi connectivity index (χ1n) is 8.09. The maximum absolute atomic E-state index is 4.16. The van der Waals surface area contributed by atoms with Gasteiger partial charge in [0.15, 0.2) is 0 Å². The van der Waals surface area contributed by atoms with Crippen molar-refractivity contribution in [2.45, 2.75) is 66.2 Å². The fraction of sp³-hybridized carbons (Fsp3) is 0.778. The van der Waals surface area contributed by atoms with Gasteiger partial charge in [0.2, 0.25) is 0 Å². The van der Waals surface area contributed by atoms with Gasteiger partial charge in [-0.3, -0.25) is 0 Å². The zero-order valence-corrected chi connectivity index (χ0v) is 15.1. The van der Waals surface area contributed by atoms with Gasteiger partial charge in [-0.05, 0) is 50.7 Å². The lowest BCUT2D eigenvalue weighted by atomic mass is 10.1. The van der Waals surface area contributed by atoms with E-state index in [2.05, 4.69) is 40.9 Å². The van der Waals surface area contributed by atoms with Crippen LogP contribution >= 0.6 is 0 Å². The second kappa shape index (κ2) is 12.5. The molecule has 0 radical (unpaired) electrons. The molecule has 1 nitrogen and oxygen atoms in total. The summed E-state index contributed by atoms with van der Waals surface area (Å²) in [6.07, 6.45) is 7.97. The van der Waals surface area contributed by atoms with E-state index < -0.39 is 0 Å². The Morgan fingerprint density at radius 3 is 1.35 bits per heavy atom. The van der Waals surface area contributed by atoms with Crippen LogP contribution in [0.3, 0.4) is 0 Å². The molecule has 0 spiro atoms. The van der Waals surface area contributed by atoms with Gasteiger partial charge in [-0.1, -0.05) is 39.8 Å². The Balaban J connectivity index is 0. The van der Waals surface area contributed by atoms with Crippen LogP contribution < -0.4 is 12.4 Å². The first-order chi connectivity index (χ1) is 8.95. The van der Waals surface area contributed by atoms with Crippen LogP contribution in [0.25, 0.3) is 0 Å². The van der Waals surface area contributed by atoms with Crippen LogP contribution in [0.5, 0.6) is 0 Å². The minimum absolute atomic E-state index is 0. The Bertz CT molecular complexity index is 243. The molecule has 0 amide bonds. The average molecular weight is 302 g/mol. The van der Waals surface area contributed by atoms with E-state index in [9.17, 15) is 0 Å². The molecule has 0 saturated heterocycles. The standard InChI is InChI=1S/C18H36N.ClH/c1-7-9-11-13-19(15-17(3)4,16-18(5)6)14-12-10-8-2;/h3,5,7-16H2,1-2,4,6H3;1H/q+1;/p-1. The van der Waals surface area contributed by atoms with Gasteiger partial charge < -0.3 is 16.9 Å². The smallest absolute Gasteiger partial charge is 0.100 e. The number of rotatable bonds is 12. The molecule has 0 aromatic heterocycles. The molecular weight excluding hydrogens is 266 g/mol. The highest BCUT2D eigenvalue weighted by atomic mass is 35.5. The molecule has 0 unspecified atom stereocenters. The Morgan fingerprint density at radius 1 is 0.750 bits per heavy atom. The molecule has 120 valence electrons. The Kier molecular flexibility index (Phi) is 13.7. The van der Waals surface area contributed by atoms with Crippen molar-refractivity contribution < 1.29 is 16.9 Å².